The average molecular weight is 335 g/mol. The van der Waals surface area contributed by atoms with E-state index in [4.69, 9.17) is 9.47 Å². The lowest BCUT2D eigenvalue weighted by molar-refractivity contribution is -0.114. The molecule has 3 aromatic rings. The van der Waals surface area contributed by atoms with Crippen molar-refractivity contribution in [3.05, 3.63) is 60.1 Å². The average Bonchev–Trinajstić information content (AvgIpc) is 3.28. The van der Waals surface area contributed by atoms with Crippen LogP contribution in [-0.4, -0.2) is 27.5 Å². The van der Waals surface area contributed by atoms with Gasteiger partial charge in [-0.15, -0.1) is 5.10 Å². The molecule has 0 fully saturated rings. The van der Waals surface area contributed by atoms with E-state index in [1.807, 2.05) is 42.6 Å². The highest BCUT2D eigenvalue weighted by molar-refractivity contribution is 6.00. The van der Waals surface area contributed by atoms with Gasteiger partial charge in [-0.25, -0.2) is 4.52 Å². The molecule has 0 aliphatic heterocycles. The summed E-state index contributed by atoms with van der Waals surface area (Å²) in [6.45, 7) is 0.388. The van der Waals surface area contributed by atoms with Crippen LogP contribution in [0.1, 0.15) is 24.2 Å². The minimum atomic E-state index is 0.118. The fourth-order valence-corrected chi connectivity index (χ4v) is 2.80. The molecule has 2 heterocycles. The Morgan fingerprint density at radius 3 is 2.72 bits per heavy atom. The number of ketones is 1. The van der Waals surface area contributed by atoms with Crippen LogP contribution in [0.4, 0.5) is 0 Å². The molecule has 6 nitrogen and oxygen atoms in total. The molecule has 1 aromatic carbocycles. The second-order valence-electron chi connectivity index (χ2n) is 5.85. The maximum atomic E-state index is 11.5. The number of ether oxygens (including phenoxy) is 2. The molecular weight excluding hydrogens is 318 g/mol. The lowest BCUT2D eigenvalue weighted by Gasteiger charge is -2.10. The van der Waals surface area contributed by atoms with Gasteiger partial charge in [0.25, 0.3) is 0 Å². The van der Waals surface area contributed by atoms with Gasteiger partial charge in [-0.1, -0.05) is 12.1 Å². The van der Waals surface area contributed by atoms with Crippen LogP contribution in [0.5, 0.6) is 11.6 Å². The predicted molar refractivity (Wildman–Crippen MR) is 92.5 cm³/mol. The Balaban J connectivity index is 1.62. The zero-order chi connectivity index (χ0) is 17.2. The van der Waals surface area contributed by atoms with Gasteiger partial charge in [0.05, 0.1) is 7.11 Å². The fourth-order valence-electron chi connectivity index (χ4n) is 2.80. The van der Waals surface area contributed by atoms with E-state index in [0.29, 0.717) is 31.2 Å². The first kappa shape index (κ1) is 15.4. The molecule has 126 valence electrons. The SMILES string of the molecule is COc1ccc(COc2nc(C3=CC(=O)CC3)nn3cccc23)cc1. The Hall–Kier alpha value is -3.15. The van der Waals surface area contributed by atoms with Crippen LogP contribution in [-0.2, 0) is 11.4 Å². The standard InChI is InChI=1S/C19H17N3O3/c1-24-16-8-4-13(5-9-16)12-25-19-17-3-2-10-22(17)21-18(20-19)14-6-7-15(23)11-14/h2-5,8-11H,6-7,12H2,1H3. The largest absolute Gasteiger partial charge is 0.497 e. The lowest BCUT2D eigenvalue weighted by atomic mass is 10.2. The van der Waals surface area contributed by atoms with E-state index in [2.05, 4.69) is 10.1 Å². The number of nitrogens with zero attached hydrogens (tertiary/aromatic N) is 3. The summed E-state index contributed by atoms with van der Waals surface area (Å²) in [4.78, 5) is 16.0. The molecule has 1 aliphatic rings. The molecule has 0 saturated carbocycles. The summed E-state index contributed by atoms with van der Waals surface area (Å²) in [5.41, 5.74) is 2.66. The van der Waals surface area contributed by atoms with Crippen molar-refractivity contribution in [2.24, 2.45) is 0 Å². The highest BCUT2D eigenvalue weighted by Crippen LogP contribution is 2.26. The highest BCUT2D eigenvalue weighted by Gasteiger charge is 2.18. The summed E-state index contributed by atoms with van der Waals surface area (Å²) in [5, 5.41) is 4.48. The first-order chi connectivity index (χ1) is 12.2. The number of hydrogen-bond donors (Lipinski definition) is 0. The lowest BCUT2D eigenvalue weighted by Crippen LogP contribution is -2.05. The van der Waals surface area contributed by atoms with Crippen molar-refractivity contribution in [3.8, 4) is 11.6 Å². The smallest absolute Gasteiger partial charge is 0.242 e. The fraction of sp³-hybridized carbons (Fsp3) is 0.211. The first-order valence-electron chi connectivity index (χ1n) is 8.08. The third kappa shape index (κ3) is 3.10. The number of carbonyl (C=O) groups is 1. The van der Waals surface area contributed by atoms with Gasteiger partial charge in [0.1, 0.15) is 17.9 Å². The van der Waals surface area contributed by atoms with E-state index in [1.165, 1.54) is 0 Å². The molecule has 2 aromatic heterocycles. The van der Waals surface area contributed by atoms with Crippen LogP contribution >= 0.6 is 0 Å². The molecule has 1 aliphatic carbocycles. The van der Waals surface area contributed by atoms with Crippen molar-refractivity contribution in [3.63, 3.8) is 0 Å². The van der Waals surface area contributed by atoms with E-state index in [0.717, 1.165) is 22.4 Å². The van der Waals surface area contributed by atoms with Gasteiger partial charge in [0.2, 0.25) is 5.88 Å². The normalized spacial score (nSPS) is 14.0. The summed E-state index contributed by atoms with van der Waals surface area (Å²) in [7, 11) is 1.64. The number of carbonyl (C=O) groups excluding carboxylic acids is 1. The van der Waals surface area contributed by atoms with Crippen LogP contribution in [0.25, 0.3) is 11.1 Å². The molecular formula is C19H17N3O3. The second-order valence-corrected chi connectivity index (χ2v) is 5.85. The monoisotopic (exact) mass is 335 g/mol. The molecule has 0 radical (unpaired) electrons. The van der Waals surface area contributed by atoms with E-state index >= 15 is 0 Å². The number of methoxy groups -OCH3 is 1. The van der Waals surface area contributed by atoms with E-state index in [1.54, 1.807) is 17.7 Å². The molecule has 0 spiro atoms. The van der Waals surface area contributed by atoms with Crippen molar-refractivity contribution in [2.75, 3.05) is 7.11 Å². The van der Waals surface area contributed by atoms with Crippen molar-refractivity contribution in [1.29, 1.82) is 0 Å². The van der Waals surface area contributed by atoms with Gasteiger partial charge in [0, 0.05) is 18.2 Å². The van der Waals surface area contributed by atoms with Gasteiger partial charge in [-0.05, 0) is 42.3 Å². The highest BCUT2D eigenvalue weighted by atomic mass is 16.5. The van der Waals surface area contributed by atoms with Crippen LogP contribution in [0.3, 0.4) is 0 Å². The summed E-state index contributed by atoms with van der Waals surface area (Å²) in [5.74, 6) is 1.97. The predicted octanol–water partition coefficient (Wildman–Crippen LogP) is 3.06. The summed E-state index contributed by atoms with van der Waals surface area (Å²) in [6, 6.07) is 11.5. The Labute approximate surface area is 144 Å². The summed E-state index contributed by atoms with van der Waals surface area (Å²) in [6.07, 6.45) is 4.66. The van der Waals surface area contributed by atoms with Crippen LogP contribution in [0, 0.1) is 0 Å². The van der Waals surface area contributed by atoms with Crippen LogP contribution in [0.15, 0.2) is 48.7 Å². The molecule has 4 rings (SSSR count). The van der Waals surface area contributed by atoms with Crippen LogP contribution < -0.4 is 9.47 Å². The maximum absolute atomic E-state index is 11.5. The van der Waals surface area contributed by atoms with Crippen LogP contribution in [0.2, 0.25) is 0 Å². The number of allylic oxidation sites excluding steroid dienone is 2. The number of benzene rings is 1. The molecule has 0 unspecified atom stereocenters. The molecule has 0 atom stereocenters. The number of rotatable bonds is 5. The Morgan fingerprint density at radius 1 is 1.16 bits per heavy atom. The van der Waals surface area contributed by atoms with Gasteiger partial charge < -0.3 is 9.47 Å². The Kier molecular flexibility index (Phi) is 3.93. The molecule has 0 amide bonds. The van der Waals surface area contributed by atoms with Crippen molar-refractivity contribution >= 4 is 16.9 Å². The van der Waals surface area contributed by atoms with Gasteiger partial charge in [-0.3, -0.25) is 4.79 Å². The molecule has 6 heteroatoms. The zero-order valence-corrected chi connectivity index (χ0v) is 13.8. The number of aromatic nitrogens is 3. The van der Waals surface area contributed by atoms with Crippen molar-refractivity contribution < 1.29 is 14.3 Å². The Morgan fingerprint density at radius 2 is 2.00 bits per heavy atom. The summed E-state index contributed by atoms with van der Waals surface area (Å²) < 4.78 is 12.8. The molecule has 0 saturated heterocycles. The topological polar surface area (TPSA) is 65.7 Å². The van der Waals surface area contributed by atoms with Crippen molar-refractivity contribution in [1.82, 2.24) is 14.6 Å². The maximum Gasteiger partial charge on any atom is 0.242 e. The zero-order valence-electron chi connectivity index (χ0n) is 13.8. The molecule has 0 N–H and O–H groups in total. The van der Waals surface area contributed by atoms with E-state index in [-0.39, 0.29) is 5.78 Å². The van der Waals surface area contributed by atoms with Gasteiger partial charge in [0.15, 0.2) is 11.6 Å². The molecule has 25 heavy (non-hydrogen) atoms. The summed E-state index contributed by atoms with van der Waals surface area (Å²) >= 11 is 0. The quantitative estimate of drug-likeness (QED) is 0.717. The van der Waals surface area contributed by atoms with Gasteiger partial charge in [-0.2, -0.15) is 4.98 Å². The second kappa shape index (κ2) is 6.39. The van der Waals surface area contributed by atoms with E-state index in [9.17, 15) is 4.79 Å². The number of hydrogen-bond acceptors (Lipinski definition) is 5. The number of fused-ring (bicyclic) bond motifs is 1. The first-order valence-corrected chi connectivity index (χ1v) is 8.08. The minimum Gasteiger partial charge on any atom is -0.497 e. The van der Waals surface area contributed by atoms with E-state index < -0.39 is 0 Å². The Bertz CT molecular complexity index is 958. The third-order valence-corrected chi connectivity index (χ3v) is 4.15. The molecule has 0 bridgehead atoms. The minimum absolute atomic E-state index is 0.118. The van der Waals surface area contributed by atoms with Gasteiger partial charge >= 0.3 is 0 Å². The van der Waals surface area contributed by atoms with Crippen molar-refractivity contribution in [2.45, 2.75) is 19.4 Å². The third-order valence-electron chi connectivity index (χ3n) is 4.15.